The molecule has 31 heavy (non-hydrogen) atoms. The molecule has 1 saturated carbocycles. The molecule has 0 spiro atoms. The molecule has 1 aromatic carbocycles. The van der Waals surface area contributed by atoms with E-state index in [9.17, 15) is 9.59 Å². The number of morpholine rings is 1. The van der Waals surface area contributed by atoms with Crippen molar-refractivity contribution >= 4 is 33.2 Å². The van der Waals surface area contributed by atoms with Gasteiger partial charge in [0.25, 0.3) is 5.91 Å². The van der Waals surface area contributed by atoms with Gasteiger partial charge in [0.15, 0.2) is 0 Å². The van der Waals surface area contributed by atoms with Crippen LogP contribution >= 0.6 is 11.3 Å². The lowest BCUT2D eigenvalue weighted by atomic mass is 9.92. The molecule has 6 heteroatoms. The predicted octanol–water partition coefficient (Wildman–Crippen LogP) is 4.49. The van der Waals surface area contributed by atoms with E-state index < -0.39 is 0 Å². The molecule has 2 amide bonds. The van der Waals surface area contributed by atoms with E-state index in [1.807, 2.05) is 11.0 Å². The Kier molecular flexibility index (Phi) is 6.28. The van der Waals surface area contributed by atoms with Crippen molar-refractivity contribution in [3.05, 3.63) is 34.7 Å². The van der Waals surface area contributed by atoms with Gasteiger partial charge in [0, 0.05) is 36.3 Å². The minimum Gasteiger partial charge on any atom is -0.378 e. The molecular weight excluding hydrogens is 408 g/mol. The maximum absolute atomic E-state index is 13.5. The fourth-order valence-corrected chi connectivity index (χ4v) is 6.73. The molecule has 3 aliphatic rings. The summed E-state index contributed by atoms with van der Waals surface area (Å²) in [7, 11) is 0. The Bertz CT molecular complexity index is 943. The Balaban J connectivity index is 1.45. The second kappa shape index (κ2) is 9.29. The Hall–Kier alpha value is -1.92. The van der Waals surface area contributed by atoms with Crippen LogP contribution in [0.2, 0.25) is 0 Å². The molecule has 1 aromatic heterocycles. The lowest BCUT2D eigenvalue weighted by Crippen LogP contribution is -2.47. The molecule has 0 bridgehead atoms. The monoisotopic (exact) mass is 440 g/mol. The summed E-state index contributed by atoms with van der Waals surface area (Å²) < 4.78 is 6.62. The number of ether oxygens (including phenoxy) is 1. The summed E-state index contributed by atoms with van der Waals surface area (Å²) in [6, 6.07) is 8.56. The topological polar surface area (TPSA) is 49.9 Å². The number of benzene rings is 1. The van der Waals surface area contributed by atoms with Crippen molar-refractivity contribution < 1.29 is 14.3 Å². The van der Waals surface area contributed by atoms with Crippen LogP contribution in [-0.2, 0) is 16.0 Å². The van der Waals surface area contributed by atoms with Crippen LogP contribution in [-0.4, -0.2) is 60.5 Å². The average molecular weight is 441 g/mol. The molecule has 3 heterocycles. The molecule has 1 aliphatic carbocycles. The van der Waals surface area contributed by atoms with Crippen LogP contribution in [0.5, 0.6) is 0 Å². The van der Waals surface area contributed by atoms with E-state index >= 15 is 0 Å². The predicted molar refractivity (Wildman–Crippen MR) is 124 cm³/mol. The minimum atomic E-state index is 0.129. The quantitative estimate of drug-likeness (QED) is 0.704. The minimum absolute atomic E-state index is 0.129. The van der Waals surface area contributed by atoms with Crippen molar-refractivity contribution in [3.8, 4) is 0 Å². The lowest BCUT2D eigenvalue weighted by molar-refractivity contribution is -0.139. The van der Waals surface area contributed by atoms with Gasteiger partial charge in [0.2, 0.25) is 5.91 Å². The van der Waals surface area contributed by atoms with Crippen LogP contribution in [0, 0.1) is 5.92 Å². The van der Waals surface area contributed by atoms with Crippen LogP contribution < -0.4 is 0 Å². The van der Waals surface area contributed by atoms with Gasteiger partial charge in [-0.05, 0) is 55.5 Å². The molecule has 0 N–H and O–H groups in total. The normalized spacial score (nSPS) is 22.9. The van der Waals surface area contributed by atoms with Gasteiger partial charge in [0.1, 0.15) is 0 Å². The van der Waals surface area contributed by atoms with Gasteiger partial charge >= 0.3 is 0 Å². The molecular formula is C25H32N2O3S. The number of rotatable bonds is 4. The number of hydrogen-bond donors (Lipinski definition) is 0. The smallest absolute Gasteiger partial charge is 0.264 e. The maximum atomic E-state index is 13.5. The van der Waals surface area contributed by atoms with Crippen molar-refractivity contribution in [1.82, 2.24) is 9.80 Å². The zero-order chi connectivity index (χ0) is 21.2. The third kappa shape index (κ3) is 4.24. The molecule has 5 nitrogen and oxygen atoms in total. The molecule has 2 saturated heterocycles. The Morgan fingerprint density at radius 1 is 0.968 bits per heavy atom. The van der Waals surface area contributed by atoms with Gasteiger partial charge in [-0.2, -0.15) is 0 Å². The number of thiophene rings is 1. The maximum Gasteiger partial charge on any atom is 0.264 e. The fourth-order valence-electron chi connectivity index (χ4n) is 5.53. The summed E-state index contributed by atoms with van der Waals surface area (Å²) in [5.74, 6) is 0.709. The molecule has 3 fully saturated rings. The van der Waals surface area contributed by atoms with Crippen molar-refractivity contribution in [3.63, 3.8) is 0 Å². The van der Waals surface area contributed by atoms with Crippen LogP contribution in [0.4, 0.5) is 0 Å². The van der Waals surface area contributed by atoms with Crippen LogP contribution in [0.3, 0.4) is 0 Å². The Labute approximate surface area is 188 Å². The third-order valence-corrected chi connectivity index (χ3v) is 8.45. The number of nitrogens with zero attached hydrogens (tertiary/aromatic N) is 2. The molecule has 5 rings (SSSR count). The summed E-state index contributed by atoms with van der Waals surface area (Å²) in [4.78, 5) is 31.7. The second-order valence-electron chi connectivity index (χ2n) is 9.18. The molecule has 2 aromatic rings. The number of piperidine rings is 1. The molecule has 0 unspecified atom stereocenters. The highest BCUT2D eigenvalue weighted by Gasteiger charge is 2.34. The van der Waals surface area contributed by atoms with Gasteiger partial charge in [0.05, 0.1) is 18.1 Å². The van der Waals surface area contributed by atoms with Crippen LogP contribution in [0.15, 0.2) is 24.3 Å². The molecule has 0 radical (unpaired) electrons. The third-order valence-electron chi connectivity index (χ3n) is 7.25. The standard InChI is InChI=1S/C25H32N2O3S/c28-24(18-7-1-2-8-18)27-12-6-5-9-19(27)17-21-20-10-3-4-11-22(20)31-23(21)25(29)26-13-15-30-16-14-26/h3-4,10-11,18-19H,1-2,5-9,12-17H2/t19-/m1/s1. The SMILES string of the molecule is O=C(c1sc2ccccc2c1C[C@H]1CCCCN1C(=O)C1CCCC1)N1CCOCC1. The summed E-state index contributed by atoms with van der Waals surface area (Å²) in [5, 5.41) is 1.18. The first-order valence-corrected chi connectivity index (χ1v) is 12.7. The van der Waals surface area contributed by atoms with E-state index in [0.29, 0.717) is 32.2 Å². The Morgan fingerprint density at radius 2 is 1.71 bits per heavy atom. The van der Waals surface area contributed by atoms with Crippen molar-refractivity contribution in [1.29, 1.82) is 0 Å². The Morgan fingerprint density at radius 3 is 2.52 bits per heavy atom. The van der Waals surface area contributed by atoms with Gasteiger partial charge in [-0.15, -0.1) is 11.3 Å². The number of amides is 2. The van der Waals surface area contributed by atoms with Gasteiger partial charge in [-0.1, -0.05) is 31.0 Å². The summed E-state index contributed by atoms with van der Waals surface area (Å²) in [6.07, 6.45) is 8.54. The number of carbonyl (C=O) groups excluding carboxylic acids is 2. The summed E-state index contributed by atoms with van der Waals surface area (Å²) in [6.45, 7) is 3.40. The number of carbonyl (C=O) groups is 2. The number of hydrogen-bond acceptors (Lipinski definition) is 4. The molecule has 1 atom stereocenters. The van der Waals surface area contributed by atoms with Crippen molar-refractivity contribution in [2.24, 2.45) is 5.92 Å². The highest BCUT2D eigenvalue weighted by atomic mass is 32.1. The van der Waals surface area contributed by atoms with Crippen molar-refractivity contribution in [2.75, 3.05) is 32.8 Å². The van der Waals surface area contributed by atoms with Gasteiger partial charge in [-0.3, -0.25) is 9.59 Å². The largest absolute Gasteiger partial charge is 0.378 e. The van der Waals surface area contributed by atoms with E-state index in [1.165, 1.54) is 22.9 Å². The van der Waals surface area contributed by atoms with E-state index in [4.69, 9.17) is 4.74 Å². The van der Waals surface area contributed by atoms with Gasteiger partial charge < -0.3 is 14.5 Å². The zero-order valence-corrected chi connectivity index (χ0v) is 19.0. The van der Waals surface area contributed by atoms with E-state index in [2.05, 4.69) is 23.1 Å². The second-order valence-corrected chi connectivity index (χ2v) is 10.2. The van der Waals surface area contributed by atoms with Gasteiger partial charge in [-0.25, -0.2) is 0 Å². The number of fused-ring (bicyclic) bond motifs is 1. The first kappa shape index (κ1) is 21.0. The first-order chi connectivity index (χ1) is 15.2. The number of likely N-dealkylation sites (tertiary alicyclic amines) is 1. The van der Waals surface area contributed by atoms with E-state index in [-0.39, 0.29) is 17.9 Å². The van der Waals surface area contributed by atoms with Crippen LogP contribution in [0.25, 0.3) is 10.1 Å². The highest BCUT2D eigenvalue weighted by molar-refractivity contribution is 7.21. The molecule has 2 aliphatic heterocycles. The van der Waals surface area contributed by atoms with Crippen LogP contribution in [0.1, 0.15) is 60.2 Å². The fraction of sp³-hybridized carbons (Fsp3) is 0.600. The lowest BCUT2D eigenvalue weighted by Gasteiger charge is -2.37. The molecule has 166 valence electrons. The van der Waals surface area contributed by atoms with Crippen molar-refractivity contribution in [2.45, 2.75) is 57.4 Å². The highest BCUT2D eigenvalue weighted by Crippen LogP contribution is 2.36. The average Bonchev–Trinajstić information content (AvgIpc) is 3.48. The summed E-state index contributed by atoms with van der Waals surface area (Å²) >= 11 is 1.61. The van der Waals surface area contributed by atoms with E-state index in [1.54, 1.807) is 11.3 Å². The first-order valence-electron chi connectivity index (χ1n) is 11.9. The summed E-state index contributed by atoms with van der Waals surface area (Å²) in [5.41, 5.74) is 1.15. The zero-order valence-electron chi connectivity index (χ0n) is 18.2. The van der Waals surface area contributed by atoms with E-state index in [0.717, 1.165) is 55.5 Å².